The highest BCUT2D eigenvalue weighted by atomic mass is 127. The molecule has 0 aliphatic heterocycles. The van der Waals surface area contributed by atoms with Gasteiger partial charge in [-0.2, -0.15) is 0 Å². The molecule has 0 aromatic rings. The third-order valence-corrected chi connectivity index (χ3v) is 2.40. The lowest BCUT2D eigenvalue weighted by Gasteiger charge is -2.31. The molecule has 0 aromatic carbocycles. The minimum atomic E-state index is 0.299. The molecule has 0 unspecified atom stereocenters. The van der Waals surface area contributed by atoms with Gasteiger partial charge >= 0.3 is 0 Å². The lowest BCUT2D eigenvalue weighted by atomic mass is 10.1. The standard InChI is InChI=1S/C8H19IN2/c1-8(2,3)11(4)6-5-10-7-9/h10H,5-7H2,1-4H3. The van der Waals surface area contributed by atoms with Gasteiger partial charge in [-0.15, -0.1) is 0 Å². The molecular formula is C8H19IN2. The Morgan fingerprint density at radius 2 is 1.91 bits per heavy atom. The first kappa shape index (κ1) is 11.6. The van der Waals surface area contributed by atoms with Gasteiger partial charge in [-0.25, -0.2) is 0 Å². The van der Waals surface area contributed by atoms with Crippen molar-refractivity contribution in [3.8, 4) is 0 Å². The number of rotatable bonds is 4. The summed E-state index contributed by atoms with van der Waals surface area (Å²) in [6, 6.07) is 0. The lowest BCUT2D eigenvalue weighted by molar-refractivity contribution is 0.177. The van der Waals surface area contributed by atoms with Crippen molar-refractivity contribution in [1.29, 1.82) is 0 Å². The monoisotopic (exact) mass is 270 g/mol. The molecule has 11 heavy (non-hydrogen) atoms. The van der Waals surface area contributed by atoms with E-state index in [1.54, 1.807) is 0 Å². The number of halogens is 1. The molecule has 0 radical (unpaired) electrons. The van der Waals surface area contributed by atoms with Crippen LogP contribution in [0.3, 0.4) is 0 Å². The van der Waals surface area contributed by atoms with Crippen LogP contribution >= 0.6 is 22.6 Å². The van der Waals surface area contributed by atoms with Crippen LogP contribution in [0.2, 0.25) is 0 Å². The SMILES string of the molecule is CN(CCNCI)C(C)(C)C. The maximum atomic E-state index is 3.30. The summed E-state index contributed by atoms with van der Waals surface area (Å²) >= 11 is 2.33. The molecule has 0 rings (SSSR count). The Bertz CT molecular complexity index is 98.8. The predicted molar refractivity (Wildman–Crippen MR) is 59.3 cm³/mol. The Labute approximate surface area is 83.9 Å². The molecule has 1 N–H and O–H groups in total. The van der Waals surface area contributed by atoms with E-state index in [-0.39, 0.29) is 0 Å². The average Bonchev–Trinajstić information content (AvgIpc) is 1.86. The van der Waals surface area contributed by atoms with E-state index >= 15 is 0 Å². The zero-order chi connectivity index (χ0) is 8.91. The Morgan fingerprint density at radius 3 is 2.27 bits per heavy atom. The van der Waals surface area contributed by atoms with Crippen LogP contribution in [-0.2, 0) is 0 Å². The van der Waals surface area contributed by atoms with E-state index in [1.165, 1.54) is 0 Å². The third kappa shape index (κ3) is 5.87. The van der Waals surface area contributed by atoms with Crippen LogP contribution in [0.5, 0.6) is 0 Å². The third-order valence-electron chi connectivity index (χ3n) is 1.86. The van der Waals surface area contributed by atoms with Gasteiger partial charge in [0.05, 0.1) is 0 Å². The number of likely N-dealkylation sites (N-methyl/N-ethyl adjacent to an activating group) is 1. The summed E-state index contributed by atoms with van der Waals surface area (Å²) in [5, 5.41) is 3.30. The number of nitrogens with zero attached hydrogens (tertiary/aromatic N) is 1. The van der Waals surface area contributed by atoms with Crippen molar-refractivity contribution in [2.24, 2.45) is 0 Å². The normalized spacial score (nSPS) is 12.5. The van der Waals surface area contributed by atoms with Gasteiger partial charge in [0.15, 0.2) is 0 Å². The quantitative estimate of drug-likeness (QED) is 0.362. The predicted octanol–water partition coefficient (Wildman–Crippen LogP) is 1.70. The number of hydrogen-bond acceptors (Lipinski definition) is 2. The summed E-state index contributed by atoms with van der Waals surface area (Å²) in [7, 11) is 2.16. The van der Waals surface area contributed by atoms with E-state index in [0.29, 0.717) is 5.54 Å². The first-order valence-corrected chi connectivity index (χ1v) is 5.49. The smallest absolute Gasteiger partial charge is 0.0480 e. The molecule has 0 aromatic heterocycles. The van der Waals surface area contributed by atoms with Crippen LogP contribution < -0.4 is 5.32 Å². The Kier molecular flexibility index (Phi) is 5.64. The molecule has 0 saturated heterocycles. The van der Waals surface area contributed by atoms with Gasteiger partial charge in [-0.3, -0.25) is 0 Å². The summed E-state index contributed by atoms with van der Waals surface area (Å²) in [6.45, 7) is 8.90. The van der Waals surface area contributed by atoms with Crippen LogP contribution in [0.25, 0.3) is 0 Å². The molecule has 0 fully saturated rings. The molecule has 0 spiro atoms. The molecule has 0 saturated carbocycles. The molecule has 0 heterocycles. The number of hydrogen-bond donors (Lipinski definition) is 1. The van der Waals surface area contributed by atoms with Gasteiger partial charge in [0, 0.05) is 23.2 Å². The van der Waals surface area contributed by atoms with Crippen molar-refractivity contribution in [3.63, 3.8) is 0 Å². The summed E-state index contributed by atoms with van der Waals surface area (Å²) in [5.74, 6) is 0. The summed E-state index contributed by atoms with van der Waals surface area (Å²) in [6.07, 6.45) is 0. The minimum absolute atomic E-state index is 0.299. The molecular weight excluding hydrogens is 251 g/mol. The minimum Gasteiger partial charge on any atom is -0.307 e. The van der Waals surface area contributed by atoms with Gasteiger partial charge in [0.1, 0.15) is 0 Å². The van der Waals surface area contributed by atoms with Gasteiger partial charge in [0.25, 0.3) is 0 Å². The van der Waals surface area contributed by atoms with Crippen LogP contribution in [0, 0.1) is 0 Å². The van der Waals surface area contributed by atoms with E-state index < -0.39 is 0 Å². The Hall–Kier alpha value is 0.650. The molecule has 0 bridgehead atoms. The van der Waals surface area contributed by atoms with E-state index in [0.717, 1.165) is 17.6 Å². The maximum absolute atomic E-state index is 3.30. The fraction of sp³-hybridized carbons (Fsp3) is 1.00. The number of nitrogens with one attached hydrogen (secondary N) is 1. The fourth-order valence-corrected chi connectivity index (χ4v) is 1.03. The second kappa shape index (κ2) is 5.32. The molecule has 0 atom stereocenters. The molecule has 0 aliphatic rings. The Morgan fingerprint density at radius 1 is 1.36 bits per heavy atom. The van der Waals surface area contributed by atoms with Crippen molar-refractivity contribution < 1.29 is 0 Å². The van der Waals surface area contributed by atoms with E-state index in [1.807, 2.05) is 0 Å². The second-order valence-electron chi connectivity index (χ2n) is 3.73. The van der Waals surface area contributed by atoms with E-state index in [2.05, 4.69) is 60.6 Å². The van der Waals surface area contributed by atoms with Crippen molar-refractivity contribution >= 4 is 22.6 Å². The van der Waals surface area contributed by atoms with E-state index in [9.17, 15) is 0 Å². The molecule has 3 heteroatoms. The van der Waals surface area contributed by atoms with Crippen molar-refractivity contribution in [3.05, 3.63) is 0 Å². The fourth-order valence-electron chi connectivity index (χ4n) is 0.649. The second-order valence-corrected chi connectivity index (χ2v) is 4.49. The van der Waals surface area contributed by atoms with E-state index in [4.69, 9.17) is 0 Å². The zero-order valence-corrected chi connectivity index (χ0v) is 10.1. The van der Waals surface area contributed by atoms with Gasteiger partial charge in [-0.05, 0) is 27.8 Å². The molecule has 68 valence electrons. The highest BCUT2D eigenvalue weighted by Crippen LogP contribution is 2.08. The summed E-state index contributed by atoms with van der Waals surface area (Å²) in [5.41, 5.74) is 0.299. The first-order valence-electron chi connectivity index (χ1n) is 3.96. The van der Waals surface area contributed by atoms with Crippen LogP contribution in [0.4, 0.5) is 0 Å². The zero-order valence-electron chi connectivity index (χ0n) is 7.95. The van der Waals surface area contributed by atoms with Gasteiger partial charge in [0.2, 0.25) is 0 Å². The Balaban J connectivity index is 3.44. The topological polar surface area (TPSA) is 15.3 Å². The molecule has 2 nitrogen and oxygen atoms in total. The van der Waals surface area contributed by atoms with Crippen molar-refractivity contribution in [2.75, 3.05) is 24.7 Å². The molecule has 0 aliphatic carbocycles. The van der Waals surface area contributed by atoms with Crippen molar-refractivity contribution in [2.45, 2.75) is 26.3 Å². The van der Waals surface area contributed by atoms with Crippen LogP contribution in [0.15, 0.2) is 0 Å². The first-order chi connectivity index (χ1) is 4.98. The molecule has 0 amide bonds. The highest BCUT2D eigenvalue weighted by molar-refractivity contribution is 14.1. The van der Waals surface area contributed by atoms with Crippen molar-refractivity contribution in [1.82, 2.24) is 10.2 Å². The maximum Gasteiger partial charge on any atom is 0.0480 e. The van der Waals surface area contributed by atoms with Gasteiger partial charge < -0.3 is 10.2 Å². The lowest BCUT2D eigenvalue weighted by Crippen LogP contribution is -2.41. The average molecular weight is 270 g/mol. The number of alkyl halides is 1. The van der Waals surface area contributed by atoms with Crippen LogP contribution in [0.1, 0.15) is 20.8 Å². The van der Waals surface area contributed by atoms with Gasteiger partial charge in [-0.1, -0.05) is 22.6 Å². The summed E-state index contributed by atoms with van der Waals surface area (Å²) in [4.78, 5) is 2.35. The summed E-state index contributed by atoms with van der Waals surface area (Å²) < 4.78 is 1.04. The highest BCUT2D eigenvalue weighted by Gasteiger charge is 2.15. The largest absolute Gasteiger partial charge is 0.307 e. The van der Waals surface area contributed by atoms with Crippen LogP contribution in [-0.4, -0.2) is 35.1 Å².